The van der Waals surface area contributed by atoms with Gasteiger partial charge in [-0.25, -0.2) is 0 Å². The molecule has 5 nitrogen and oxygen atoms in total. The number of amidine groups is 1. The second kappa shape index (κ2) is 8.12. The lowest BCUT2D eigenvalue weighted by molar-refractivity contribution is -0.143. The third kappa shape index (κ3) is 5.27. The molecule has 0 aliphatic rings. The van der Waals surface area contributed by atoms with Crippen LogP contribution in [-0.4, -0.2) is 42.0 Å². The van der Waals surface area contributed by atoms with Crippen LogP contribution in [0, 0.1) is 11.5 Å². The van der Waals surface area contributed by atoms with Crippen molar-refractivity contribution in [3.8, 4) is 6.19 Å². The van der Waals surface area contributed by atoms with Crippen molar-refractivity contribution >= 4 is 22.9 Å². The number of thioether (sulfide) groups is 1. The van der Waals surface area contributed by atoms with Crippen LogP contribution in [0.5, 0.6) is 0 Å². The fraction of sp³-hybridized carbons (Fsp3) is 0.667. The lowest BCUT2D eigenvalue weighted by Gasteiger charge is -2.20. The van der Waals surface area contributed by atoms with E-state index >= 15 is 0 Å². The molecule has 0 radical (unpaired) electrons. The number of hydrogen-bond donors (Lipinski definition) is 0. The van der Waals surface area contributed by atoms with Crippen LogP contribution in [-0.2, 0) is 9.53 Å². The first kappa shape index (κ1) is 13.8. The minimum Gasteiger partial charge on any atom is -0.465 e. The molecule has 0 heterocycles. The summed E-state index contributed by atoms with van der Waals surface area (Å²) in [6.07, 6.45) is 3.52. The Morgan fingerprint density at radius 3 is 2.67 bits per heavy atom. The molecule has 0 spiro atoms. The van der Waals surface area contributed by atoms with Crippen LogP contribution in [0.25, 0.3) is 0 Å². The third-order valence-corrected chi connectivity index (χ3v) is 2.32. The van der Waals surface area contributed by atoms with Gasteiger partial charge in [-0.15, -0.1) is 4.99 Å². The summed E-state index contributed by atoms with van der Waals surface area (Å²) in [6, 6.07) is 0. The SMILES string of the molecule is CCOC(=O)CN(CC)C(=NC#N)SC. The highest BCUT2D eigenvalue weighted by molar-refractivity contribution is 8.13. The minimum absolute atomic E-state index is 0.131. The molecule has 0 unspecified atom stereocenters. The smallest absolute Gasteiger partial charge is 0.325 e. The maximum absolute atomic E-state index is 11.2. The van der Waals surface area contributed by atoms with Crippen molar-refractivity contribution in [1.29, 1.82) is 5.26 Å². The summed E-state index contributed by atoms with van der Waals surface area (Å²) < 4.78 is 4.82. The molecule has 0 amide bonds. The van der Waals surface area contributed by atoms with E-state index < -0.39 is 0 Å². The molecule has 0 aliphatic carbocycles. The van der Waals surface area contributed by atoms with E-state index in [1.807, 2.05) is 13.2 Å². The molecule has 15 heavy (non-hydrogen) atoms. The molecule has 0 aromatic carbocycles. The zero-order chi connectivity index (χ0) is 11.7. The topological polar surface area (TPSA) is 65.7 Å². The van der Waals surface area contributed by atoms with E-state index in [0.29, 0.717) is 18.3 Å². The van der Waals surface area contributed by atoms with E-state index in [4.69, 9.17) is 10.00 Å². The molecule has 0 atom stereocenters. The molecule has 6 heteroatoms. The van der Waals surface area contributed by atoms with Crippen molar-refractivity contribution in [3.63, 3.8) is 0 Å². The Kier molecular flexibility index (Phi) is 7.46. The van der Waals surface area contributed by atoms with Crippen molar-refractivity contribution in [3.05, 3.63) is 0 Å². The quantitative estimate of drug-likeness (QED) is 0.312. The van der Waals surface area contributed by atoms with Crippen molar-refractivity contribution in [1.82, 2.24) is 4.90 Å². The van der Waals surface area contributed by atoms with Gasteiger partial charge in [0, 0.05) is 6.54 Å². The van der Waals surface area contributed by atoms with Crippen LogP contribution in [0.2, 0.25) is 0 Å². The zero-order valence-corrected chi connectivity index (χ0v) is 10.0. The second-order valence-corrected chi connectivity index (χ2v) is 3.29. The van der Waals surface area contributed by atoms with E-state index in [1.54, 1.807) is 18.0 Å². The number of nitriles is 1. The Bertz CT molecular complexity index is 273. The normalized spacial score (nSPS) is 10.7. The summed E-state index contributed by atoms with van der Waals surface area (Å²) in [6.45, 7) is 4.75. The van der Waals surface area contributed by atoms with Gasteiger partial charge in [0.1, 0.15) is 6.54 Å². The van der Waals surface area contributed by atoms with Gasteiger partial charge in [0.25, 0.3) is 0 Å². The lowest BCUT2D eigenvalue weighted by atomic mass is 10.5. The largest absolute Gasteiger partial charge is 0.465 e. The number of ether oxygens (including phenoxy) is 1. The third-order valence-electron chi connectivity index (χ3n) is 1.61. The standard InChI is InChI=1S/C9H15N3O2S/c1-4-12(6-8(13)14-5-2)9(15-3)11-7-10/h4-6H2,1-3H3. The van der Waals surface area contributed by atoms with Crippen molar-refractivity contribution in [2.24, 2.45) is 4.99 Å². The van der Waals surface area contributed by atoms with E-state index in [1.165, 1.54) is 11.8 Å². The van der Waals surface area contributed by atoms with Gasteiger partial charge in [-0.3, -0.25) is 4.79 Å². The summed E-state index contributed by atoms with van der Waals surface area (Å²) in [5, 5.41) is 8.99. The molecule has 0 aromatic heterocycles. The highest BCUT2D eigenvalue weighted by atomic mass is 32.2. The Balaban J connectivity index is 4.42. The zero-order valence-electron chi connectivity index (χ0n) is 9.19. The number of hydrogen-bond acceptors (Lipinski definition) is 5. The first-order valence-corrected chi connectivity index (χ1v) is 5.83. The molecular weight excluding hydrogens is 214 g/mol. The number of rotatable bonds is 4. The molecule has 0 saturated carbocycles. The van der Waals surface area contributed by atoms with Gasteiger partial charge in [-0.1, -0.05) is 11.8 Å². The highest BCUT2D eigenvalue weighted by Gasteiger charge is 2.13. The van der Waals surface area contributed by atoms with Crippen LogP contribution < -0.4 is 0 Å². The Labute approximate surface area is 94.1 Å². The van der Waals surface area contributed by atoms with Crippen molar-refractivity contribution in [2.75, 3.05) is 26.0 Å². The average molecular weight is 229 g/mol. The molecule has 0 fully saturated rings. The van der Waals surface area contributed by atoms with Gasteiger partial charge in [0.2, 0.25) is 6.19 Å². The Morgan fingerprint density at radius 1 is 1.60 bits per heavy atom. The maximum atomic E-state index is 11.2. The predicted octanol–water partition coefficient (Wildman–Crippen LogP) is 1.07. The highest BCUT2D eigenvalue weighted by Crippen LogP contribution is 2.05. The molecule has 0 aromatic rings. The fourth-order valence-electron chi connectivity index (χ4n) is 0.965. The Morgan fingerprint density at radius 2 is 2.27 bits per heavy atom. The van der Waals surface area contributed by atoms with Crippen LogP contribution in [0.4, 0.5) is 0 Å². The number of likely N-dealkylation sites (N-methyl/N-ethyl adjacent to an activating group) is 1. The maximum Gasteiger partial charge on any atom is 0.325 e. The molecule has 0 rings (SSSR count). The summed E-state index contributed by atoms with van der Waals surface area (Å²) in [7, 11) is 0. The number of aliphatic imine (C=N–C) groups is 1. The van der Waals surface area contributed by atoms with Gasteiger partial charge in [0.05, 0.1) is 6.61 Å². The minimum atomic E-state index is -0.306. The second-order valence-electron chi connectivity index (χ2n) is 2.52. The van der Waals surface area contributed by atoms with E-state index in [0.717, 1.165) is 0 Å². The van der Waals surface area contributed by atoms with Gasteiger partial charge in [0.15, 0.2) is 5.17 Å². The first-order chi connectivity index (χ1) is 7.19. The van der Waals surface area contributed by atoms with Gasteiger partial charge < -0.3 is 9.64 Å². The van der Waals surface area contributed by atoms with Gasteiger partial charge in [-0.2, -0.15) is 5.26 Å². The summed E-state index contributed by atoms with van der Waals surface area (Å²) in [5.74, 6) is -0.306. The molecule has 0 bridgehead atoms. The summed E-state index contributed by atoms with van der Waals surface area (Å²) in [5.41, 5.74) is 0. The van der Waals surface area contributed by atoms with Crippen molar-refractivity contribution in [2.45, 2.75) is 13.8 Å². The molecule has 0 aliphatic heterocycles. The van der Waals surface area contributed by atoms with Crippen LogP contribution >= 0.6 is 11.8 Å². The van der Waals surface area contributed by atoms with E-state index in [2.05, 4.69) is 4.99 Å². The van der Waals surface area contributed by atoms with Crippen molar-refractivity contribution < 1.29 is 9.53 Å². The number of carbonyl (C=O) groups is 1. The molecular formula is C9H15N3O2S. The van der Waals surface area contributed by atoms with Crippen LogP contribution in [0.1, 0.15) is 13.8 Å². The average Bonchev–Trinajstić information content (AvgIpc) is 2.23. The molecule has 0 saturated heterocycles. The lowest BCUT2D eigenvalue weighted by Crippen LogP contribution is -2.34. The van der Waals surface area contributed by atoms with Gasteiger partial charge >= 0.3 is 5.97 Å². The molecule has 84 valence electrons. The van der Waals surface area contributed by atoms with Gasteiger partial charge in [-0.05, 0) is 20.1 Å². The van der Waals surface area contributed by atoms with Crippen LogP contribution in [0.15, 0.2) is 4.99 Å². The number of carbonyl (C=O) groups excluding carboxylic acids is 1. The predicted molar refractivity (Wildman–Crippen MR) is 60.4 cm³/mol. The number of nitrogens with zero attached hydrogens (tertiary/aromatic N) is 3. The van der Waals surface area contributed by atoms with E-state index in [-0.39, 0.29) is 12.5 Å². The summed E-state index contributed by atoms with van der Waals surface area (Å²) >= 11 is 1.33. The number of esters is 1. The monoisotopic (exact) mass is 229 g/mol. The summed E-state index contributed by atoms with van der Waals surface area (Å²) in [4.78, 5) is 16.6. The van der Waals surface area contributed by atoms with Crippen LogP contribution in [0.3, 0.4) is 0 Å². The Hall–Kier alpha value is -1.22. The molecule has 0 N–H and O–H groups in total. The fourth-order valence-corrected chi connectivity index (χ4v) is 1.55. The van der Waals surface area contributed by atoms with E-state index in [9.17, 15) is 4.79 Å². The first-order valence-electron chi connectivity index (χ1n) is 4.60.